The third-order valence-electron chi connectivity index (χ3n) is 7.01. The molecule has 0 aliphatic carbocycles. The maximum absolute atomic E-state index is 13.7. The number of hydrogen-bond acceptors (Lipinski definition) is 6. The van der Waals surface area contributed by atoms with Gasteiger partial charge in [0.1, 0.15) is 18.7 Å². The smallest absolute Gasteiger partial charge is 0.408 e. The van der Waals surface area contributed by atoms with Crippen LogP contribution in [0.15, 0.2) is 103 Å². The van der Waals surface area contributed by atoms with Crippen LogP contribution < -0.4 is 21.7 Å². The van der Waals surface area contributed by atoms with Gasteiger partial charge < -0.3 is 26.4 Å². The van der Waals surface area contributed by atoms with E-state index in [4.69, 9.17) is 10.5 Å². The molecule has 3 aromatic rings. The van der Waals surface area contributed by atoms with E-state index in [9.17, 15) is 24.0 Å². The highest BCUT2D eigenvalue weighted by atomic mass is 16.5. The van der Waals surface area contributed by atoms with Crippen LogP contribution in [0.4, 0.5) is 4.79 Å². The number of amides is 4. The number of rotatable bonds is 17. The molecule has 3 rings (SSSR count). The summed E-state index contributed by atoms with van der Waals surface area (Å²) in [6, 6.07) is 24.2. The summed E-state index contributed by atoms with van der Waals surface area (Å²) in [7, 11) is 0. The third-order valence-corrected chi connectivity index (χ3v) is 7.01. The van der Waals surface area contributed by atoms with Crippen LogP contribution >= 0.6 is 0 Å². The van der Waals surface area contributed by atoms with E-state index in [1.54, 1.807) is 30.3 Å². The first kappa shape index (κ1) is 35.2. The first-order chi connectivity index (χ1) is 22.1. The minimum atomic E-state index is -1.04. The summed E-state index contributed by atoms with van der Waals surface area (Å²) < 4.78 is 5.33. The van der Waals surface area contributed by atoms with E-state index in [1.807, 2.05) is 74.5 Å². The minimum absolute atomic E-state index is 0.0317. The van der Waals surface area contributed by atoms with Crippen LogP contribution in [0.2, 0.25) is 0 Å². The van der Waals surface area contributed by atoms with Gasteiger partial charge in [0.05, 0.1) is 0 Å². The van der Waals surface area contributed by atoms with Crippen LogP contribution in [0.25, 0.3) is 0 Å². The first-order valence-corrected chi connectivity index (χ1v) is 15.3. The van der Waals surface area contributed by atoms with Gasteiger partial charge in [0.2, 0.25) is 17.7 Å². The van der Waals surface area contributed by atoms with Crippen LogP contribution in [-0.2, 0) is 32.1 Å². The number of benzene rings is 3. The van der Waals surface area contributed by atoms with Crippen molar-refractivity contribution in [3.63, 3.8) is 0 Å². The highest BCUT2D eigenvalue weighted by molar-refractivity contribution is 6.04. The molecule has 0 bridgehead atoms. The number of carbonyl (C=O) groups is 5. The molecule has 0 fully saturated rings. The molecule has 0 unspecified atom stereocenters. The van der Waals surface area contributed by atoms with Crippen LogP contribution in [0.1, 0.15) is 54.6 Å². The molecule has 3 atom stereocenters. The van der Waals surface area contributed by atoms with E-state index in [-0.39, 0.29) is 37.6 Å². The zero-order chi connectivity index (χ0) is 33.3. The number of ether oxygens (including phenoxy) is 1. The number of alkyl carbamates (subject to hydrolysis) is 1. The monoisotopic (exact) mass is 626 g/mol. The molecule has 3 aromatic carbocycles. The Morgan fingerprint density at radius 3 is 1.89 bits per heavy atom. The van der Waals surface area contributed by atoms with E-state index in [0.717, 1.165) is 11.1 Å². The number of hydrogen-bond donors (Lipinski definition) is 4. The summed E-state index contributed by atoms with van der Waals surface area (Å²) in [5, 5.41) is 8.30. The van der Waals surface area contributed by atoms with Gasteiger partial charge in [-0.3, -0.25) is 19.2 Å². The number of nitrogens with one attached hydrogen (secondary N) is 3. The number of primary amides is 1. The van der Waals surface area contributed by atoms with Crippen molar-refractivity contribution < 1.29 is 28.7 Å². The highest BCUT2D eigenvalue weighted by Gasteiger charge is 2.29. The van der Waals surface area contributed by atoms with E-state index in [0.29, 0.717) is 12.0 Å². The highest BCUT2D eigenvalue weighted by Crippen LogP contribution is 2.11. The van der Waals surface area contributed by atoms with Gasteiger partial charge in [-0.05, 0) is 36.0 Å². The lowest BCUT2D eigenvalue weighted by atomic mass is 10.0. The summed E-state index contributed by atoms with van der Waals surface area (Å²) >= 11 is 0. The predicted octanol–water partition coefficient (Wildman–Crippen LogP) is 4.24. The molecule has 242 valence electrons. The molecule has 0 aliphatic rings. The Bertz CT molecular complexity index is 1460. The summed E-state index contributed by atoms with van der Waals surface area (Å²) in [4.78, 5) is 64.2. The first-order valence-electron chi connectivity index (χ1n) is 15.3. The molecule has 10 nitrogen and oxygen atoms in total. The zero-order valence-corrected chi connectivity index (χ0v) is 26.2. The molecular weight excluding hydrogens is 584 g/mol. The molecule has 4 amide bonds. The van der Waals surface area contributed by atoms with Crippen molar-refractivity contribution >= 4 is 29.6 Å². The van der Waals surface area contributed by atoms with Crippen molar-refractivity contribution in [3.05, 3.63) is 120 Å². The van der Waals surface area contributed by atoms with E-state index in [1.165, 1.54) is 12.2 Å². The van der Waals surface area contributed by atoms with Gasteiger partial charge in [-0.2, -0.15) is 0 Å². The zero-order valence-electron chi connectivity index (χ0n) is 26.2. The van der Waals surface area contributed by atoms with Crippen LogP contribution in [0, 0.1) is 5.92 Å². The fourth-order valence-corrected chi connectivity index (χ4v) is 4.64. The lowest BCUT2D eigenvalue weighted by Crippen LogP contribution is -2.55. The fraction of sp³-hybridized carbons (Fsp3) is 0.306. The molecule has 0 saturated heterocycles. The summed E-state index contributed by atoms with van der Waals surface area (Å²) in [5.74, 6) is -1.87. The molecular formula is C36H42N4O6. The van der Waals surface area contributed by atoms with Gasteiger partial charge in [0.25, 0.3) is 0 Å². The number of nitrogens with two attached hydrogens (primary N) is 1. The van der Waals surface area contributed by atoms with Crippen LogP contribution in [0.5, 0.6) is 0 Å². The van der Waals surface area contributed by atoms with Gasteiger partial charge in [-0.1, -0.05) is 111 Å². The van der Waals surface area contributed by atoms with Crippen molar-refractivity contribution in [1.82, 2.24) is 16.0 Å². The molecule has 0 spiro atoms. The van der Waals surface area contributed by atoms with Crippen LogP contribution in [0.3, 0.4) is 0 Å². The van der Waals surface area contributed by atoms with Crippen molar-refractivity contribution in [2.75, 3.05) is 0 Å². The van der Waals surface area contributed by atoms with E-state index in [2.05, 4.69) is 16.0 Å². The molecule has 0 heterocycles. The molecule has 10 heteroatoms. The second-order valence-corrected chi connectivity index (χ2v) is 11.3. The van der Waals surface area contributed by atoms with Gasteiger partial charge >= 0.3 is 6.09 Å². The SMILES string of the molecule is CC(C)C[C@H](NC(=O)OCc1ccccc1)C(=O)N[C@@H](Cc1ccccc1)C(=O)N[C@H](/C=C/C(=O)c1ccccc1)CCC(N)=O. The van der Waals surface area contributed by atoms with Crippen molar-refractivity contribution in [2.24, 2.45) is 11.7 Å². The summed E-state index contributed by atoms with van der Waals surface area (Å²) in [5.41, 5.74) is 7.43. The maximum Gasteiger partial charge on any atom is 0.408 e. The Kier molecular flexibility index (Phi) is 14.2. The van der Waals surface area contributed by atoms with Crippen molar-refractivity contribution in [1.29, 1.82) is 0 Å². The second kappa shape index (κ2) is 18.5. The van der Waals surface area contributed by atoms with Gasteiger partial charge in [-0.25, -0.2) is 4.79 Å². The van der Waals surface area contributed by atoms with Crippen molar-refractivity contribution in [2.45, 2.75) is 64.3 Å². The Balaban J connectivity index is 1.76. The fourth-order valence-electron chi connectivity index (χ4n) is 4.64. The average molecular weight is 627 g/mol. The minimum Gasteiger partial charge on any atom is -0.445 e. The molecule has 0 saturated carbocycles. The standard InChI is InChI=1S/C36H42N4O6/c1-25(2)22-30(40-36(45)46-24-27-14-8-4-9-15-27)35(44)39-31(23-26-12-6-3-7-13-26)34(43)38-29(19-21-33(37)42)18-20-32(41)28-16-10-5-11-17-28/h3-18,20,25,29-31H,19,21-24H2,1-2H3,(H2,37,42)(H,38,43)(H,39,44)(H,40,45)/b20-18+/t29-,30+,31+/m1/s1. The molecule has 46 heavy (non-hydrogen) atoms. The number of ketones is 1. The molecule has 0 aromatic heterocycles. The maximum atomic E-state index is 13.7. The average Bonchev–Trinajstić information content (AvgIpc) is 3.05. The third kappa shape index (κ3) is 12.8. The van der Waals surface area contributed by atoms with Gasteiger partial charge in [-0.15, -0.1) is 0 Å². The predicted molar refractivity (Wildman–Crippen MR) is 175 cm³/mol. The number of allylic oxidation sites excluding steroid dienone is 1. The Labute approximate surface area is 269 Å². The normalized spacial score (nSPS) is 12.9. The molecule has 5 N–H and O–H groups in total. The summed E-state index contributed by atoms with van der Waals surface area (Å²) in [6.45, 7) is 3.87. The molecule has 0 radical (unpaired) electrons. The van der Waals surface area contributed by atoms with Crippen molar-refractivity contribution in [3.8, 4) is 0 Å². The lowest BCUT2D eigenvalue weighted by Gasteiger charge is -2.25. The van der Waals surface area contributed by atoms with Gasteiger partial charge in [0, 0.05) is 24.4 Å². The topological polar surface area (TPSA) is 157 Å². The molecule has 0 aliphatic heterocycles. The second-order valence-electron chi connectivity index (χ2n) is 11.3. The Hall–Kier alpha value is -5.25. The van der Waals surface area contributed by atoms with Crippen LogP contribution in [-0.4, -0.2) is 47.7 Å². The Morgan fingerprint density at radius 1 is 0.739 bits per heavy atom. The van der Waals surface area contributed by atoms with Gasteiger partial charge in [0.15, 0.2) is 5.78 Å². The van der Waals surface area contributed by atoms with E-state index < -0.39 is 41.9 Å². The van der Waals surface area contributed by atoms with E-state index >= 15 is 0 Å². The summed E-state index contributed by atoms with van der Waals surface area (Å²) in [6.07, 6.45) is 2.68. The largest absolute Gasteiger partial charge is 0.445 e. The lowest BCUT2D eigenvalue weighted by molar-refractivity contribution is -0.130. The quantitative estimate of drug-likeness (QED) is 0.130. The Morgan fingerprint density at radius 2 is 1.30 bits per heavy atom. The number of carbonyl (C=O) groups excluding carboxylic acids is 5.